The Morgan fingerprint density at radius 2 is 2.16 bits per heavy atom. The van der Waals surface area contributed by atoms with E-state index in [9.17, 15) is 24.3 Å². The van der Waals surface area contributed by atoms with Gasteiger partial charge in [-0.1, -0.05) is 5.16 Å². The number of aliphatic carboxylic acids is 1. The van der Waals surface area contributed by atoms with Gasteiger partial charge in [0.15, 0.2) is 5.13 Å². The quantitative estimate of drug-likeness (QED) is 0.0633. The summed E-state index contributed by atoms with van der Waals surface area (Å²) in [4.78, 5) is 65.5. The highest BCUT2D eigenvalue weighted by Crippen LogP contribution is 2.40. The molecule has 0 bridgehead atoms. The predicted octanol–water partition coefficient (Wildman–Crippen LogP) is -1.99. The Bertz CT molecular complexity index is 1650. The van der Waals surface area contributed by atoms with Gasteiger partial charge in [0.05, 0.1) is 6.20 Å². The number of nitrogens with two attached hydrogens (primary N) is 2. The van der Waals surface area contributed by atoms with Gasteiger partial charge in [-0.2, -0.15) is 9.36 Å². The number of fused-ring (bicyclic) bond motifs is 2. The number of thioether (sulfide) groups is 1. The fourth-order valence-corrected chi connectivity index (χ4v) is 6.39. The van der Waals surface area contributed by atoms with Gasteiger partial charge in [0.1, 0.15) is 42.3 Å². The van der Waals surface area contributed by atoms with Gasteiger partial charge in [-0.3, -0.25) is 23.9 Å². The van der Waals surface area contributed by atoms with Crippen molar-refractivity contribution in [3.63, 3.8) is 0 Å². The van der Waals surface area contributed by atoms with E-state index in [2.05, 4.69) is 30.1 Å². The lowest BCUT2D eigenvalue weighted by Gasteiger charge is -2.49. The summed E-state index contributed by atoms with van der Waals surface area (Å²) in [6.45, 7) is 2.72. The van der Waals surface area contributed by atoms with Gasteiger partial charge in [-0.25, -0.2) is 9.36 Å². The van der Waals surface area contributed by atoms with E-state index in [1.165, 1.54) is 23.0 Å². The second-order valence-electron chi connectivity index (χ2n) is 9.29. The molecule has 0 aliphatic carbocycles. The van der Waals surface area contributed by atoms with Gasteiger partial charge in [0, 0.05) is 35.9 Å². The summed E-state index contributed by atoms with van der Waals surface area (Å²) in [6.07, 6.45) is 3.28. The van der Waals surface area contributed by atoms with E-state index in [1.54, 1.807) is 34.4 Å². The summed E-state index contributed by atoms with van der Waals surface area (Å²) in [6, 6.07) is 2.57. The fraction of sp³-hybridized carbons (Fsp3) is 0.375. The van der Waals surface area contributed by atoms with Crippen molar-refractivity contribution in [2.45, 2.75) is 31.4 Å². The molecule has 3 aromatic rings. The van der Waals surface area contributed by atoms with Crippen molar-refractivity contribution in [1.29, 1.82) is 0 Å². The normalized spacial score (nSPS) is 18.3. The number of aromatic nitrogens is 5. The van der Waals surface area contributed by atoms with Crippen LogP contribution in [0, 0.1) is 0 Å². The summed E-state index contributed by atoms with van der Waals surface area (Å²) in [5, 5.41) is 18.7. The minimum Gasteiger partial charge on any atom is -0.477 e. The van der Waals surface area contributed by atoms with Crippen LogP contribution in [0.3, 0.4) is 0 Å². The summed E-state index contributed by atoms with van der Waals surface area (Å²) in [7, 11) is 0. The molecule has 3 amide bonds. The number of carbonyl (C=O) groups excluding carboxylic acids is 3. The van der Waals surface area contributed by atoms with E-state index in [1.807, 2.05) is 0 Å². The lowest BCUT2D eigenvalue weighted by atomic mass is 10.0. The van der Waals surface area contributed by atoms with Crippen LogP contribution in [-0.2, 0) is 37.1 Å². The molecule has 2 atom stereocenters. The topological polar surface area (TPSA) is 237 Å². The maximum Gasteiger partial charge on any atom is 0.352 e. The molecule has 2 aliphatic rings. The van der Waals surface area contributed by atoms with Crippen molar-refractivity contribution in [2.75, 3.05) is 31.2 Å². The number of nitrogen functional groups attached to an aromatic ring is 1. The maximum absolute atomic E-state index is 13.2. The third kappa shape index (κ3) is 5.99. The zero-order chi connectivity index (χ0) is 30.7. The number of oxime groups is 1. The molecule has 0 aromatic carbocycles. The number of nitrogens with zero attached hydrogens (tertiary/aromatic N) is 7. The zero-order valence-corrected chi connectivity index (χ0v) is 24.4. The van der Waals surface area contributed by atoms with E-state index in [-0.39, 0.29) is 53.7 Å². The first-order valence-corrected chi connectivity index (χ1v) is 14.9. The van der Waals surface area contributed by atoms with Crippen molar-refractivity contribution in [2.24, 2.45) is 10.9 Å². The van der Waals surface area contributed by atoms with E-state index in [0.717, 1.165) is 11.5 Å². The summed E-state index contributed by atoms with van der Waals surface area (Å²) < 4.78 is 7.43. The lowest BCUT2D eigenvalue weighted by molar-refractivity contribution is -0.664. The monoisotopic (exact) mass is 630 g/mol. The molecule has 1 fully saturated rings. The van der Waals surface area contributed by atoms with Crippen LogP contribution in [0.2, 0.25) is 0 Å². The number of hydrogen-bond donors (Lipinski definition) is 5. The Labute approximate surface area is 252 Å². The molecular formula is C24H28N11O6S2+. The molecule has 5 rings (SSSR count). The Balaban J connectivity index is 1.35. The third-order valence-corrected chi connectivity index (χ3v) is 8.36. The van der Waals surface area contributed by atoms with Crippen molar-refractivity contribution < 1.29 is 33.7 Å². The summed E-state index contributed by atoms with van der Waals surface area (Å²) >= 11 is 2.19. The van der Waals surface area contributed by atoms with Crippen LogP contribution in [0.4, 0.5) is 5.13 Å². The number of hydrogen-bond acceptors (Lipinski definition) is 13. The van der Waals surface area contributed by atoms with Crippen molar-refractivity contribution in [3.05, 3.63) is 41.8 Å². The molecule has 3 aromatic heterocycles. The molecule has 1 saturated heterocycles. The number of imidazole rings is 1. The van der Waals surface area contributed by atoms with Gasteiger partial charge in [-0.05, 0) is 24.0 Å². The number of β-lactam (4-membered cyclic amide) rings is 1. The molecular weight excluding hydrogens is 602 g/mol. The smallest absolute Gasteiger partial charge is 0.352 e. The largest absolute Gasteiger partial charge is 0.477 e. The van der Waals surface area contributed by atoms with Crippen LogP contribution in [0.1, 0.15) is 12.7 Å². The lowest BCUT2D eigenvalue weighted by Crippen LogP contribution is -2.71. The van der Waals surface area contributed by atoms with E-state index < -0.39 is 29.2 Å². The number of nitrogens with one attached hydrogen (secondary N) is 2. The van der Waals surface area contributed by atoms with Crippen LogP contribution in [-0.4, -0.2) is 95.2 Å². The molecule has 0 radical (unpaired) electrons. The molecule has 5 heterocycles. The van der Waals surface area contributed by atoms with Crippen LogP contribution < -0.4 is 26.7 Å². The van der Waals surface area contributed by atoms with Crippen molar-refractivity contribution in [3.8, 4) is 0 Å². The van der Waals surface area contributed by atoms with Gasteiger partial charge in [0.2, 0.25) is 23.8 Å². The van der Waals surface area contributed by atoms with Gasteiger partial charge in [0.25, 0.3) is 11.8 Å². The number of carboxylic acids is 1. The summed E-state index contributed by atoms with van der Waals surface area (Å²) in [5.74, 6) is -2.60. The van der Waals surface area contributed by atoms with Gasteiger partial charge < -0.3 is 32.0 Å². The Hall–Kier alpha value is -4.62. The molecule has 2 aliphatic heterocycles. The molecule has 0 spiro atoms. The minimum absolute atomic E-state index is 0.0411. The van der Waals surface area contributed by atoms with Gasteiger partial charge >= 0.3 is 11.6 Å². The Morgan fingerprint density at radius 3 is 2.86 bits per heavy atom. The average molecular weight is 631 g/mol. The second-order valence-corrected chi connectivity index (χ2v) is 11.2. The first kappa shape index (κ1) is 29.9. The molecule has 0 saturated carbocycles. The fourth-order valence-electron chi connectivity index (χ4n) is 4.62. The van der Waals surface area contributed by atoms with Crippen LogP contribution in [0.15, 0.2) is 41.1 Å². The first-order valence-electron chi connectivity index (χ1n) is 13.0. The predicted molar refractivity (Wildman–Crippen MR) is 154 cm³/mol. The molecule has 43 heavy (non-hydrogen) atoms. The number of carboxylic acid groups (broad SMARTS) is 1. The molecule has 7 N–H and O–H groups in total. The van der Waals surface area contributed by atoms with Crippen molar-refractivity contribution in [1.82, 2.24) is 34.4 Å². The Morgan fingerprint density at radius 1 is 1.35 bits per heavy atom. The minimum atomic E-state index is -1.27. The highest BCUT2D eigenvalue weighted by Gasteiger charge is 2.54. The second kappa shape index (κ2) is 12.7. The third-order valence-electron chi connectivity index (χ3n) is 6.48. The number of rotatable bonds is 12. The van der Waals surface area contributed by atoms with E-state index in [0.29, 0.717) is 29.8 Å². The highest BCUT2D eigenvalue weighted by molar-refractivity contribution is 8.00. The van der Waals surface area contributed by atoms with Crippen LogP contribution >= 0.6 is 23.3 Å². The maximum atomic E-state index is 13.2. The number of anilines is 1. The molecule has 19 heteroatoms. The molecule has 226 valence electrons. The number of amides is 3. The van der Waals surface area contributed by atoms with Crippen LogP contribution in [0.25, 0.3) is 11.2 Å². The van der Waals surface area contributed by atoms with Gasteiger partial charge in [-0.15, -0.1) is 11.8 Å². The highest BCUT2D eigenvalue weighted by atomic mass is 32.2. The zero-order valence-electron chi connectivity index (χ0n) is 22.8. The van der Waals surface area contributed by atoms with E-state index >= 15 is 0 Å². The standard InChI is InChI=1S/C24H27N11O6S2/c1-2-41-31-15(18-30-24(26)43-32-18)20(37)29-16-21(38)35-17(23(39)40)12(10-42-22(16)35)8-33-7-3-4-13-19(33)28-11-34(13)9-14(36)27-6-5-25/h3-4,7,11,16,22H,2,5-6,8-10,25H2,1H3,(H4-,26,27,29,30,32,36,37,39,40)/p+1. The number of carbonyl (C=O) groups is 4. The van der Waals surface area contributed by atoms with Crippen LogP contribution in [0.5, 0.6) is 0 Å². The van der Waals surface area contributed by atoms with E-state index in [4.69, 9.17) is 16.3 Å². The SMILES string of the molecule is CCON=C(C(=O)NC1C(=O)N2C(C(=O)O)=C(C[n+]3cccc4c3ncn4CC(=O)NCCN)CSC12)c1nsc(N)n1. The molecule has 2 unspecified atom stereocenters. The summed E-state index contributed by atoms with van der Waals surface area (Å²) in [5.41, 5.74) is 12.4. The average Bonchev–Trinajstić information content (AvgIpc) is 3.61. The first-order chi connectivity index (χ1) is 20.7. The number of pyridine rings is 1. The van der Waals surface area contributed by atoms with Crippen molar-refractivity contribution >= 4 is 69.0 Å². The Kier molecular flexibility index (Phi) is 8.83. The molecule has 17 nitrogen and oxygen atoms in total.